The maximum Gasteiger partial charge on any atom is 0.387 e. The fourth-order valence-corrected chi connectivity index (χ4v) is 2.63. The van der Waals surface area contributed by atoms with Crippen LogP contribution < -0.4 is 15.4 Å². The van der Waals surface area contributed by atoms with Crippen LogP contribution in [0.4, 0.5) is 14.5 Å². The summed E-state index contributed by atoms with van der Waals surface area (Å²) >= 11 is 0. The van der Waals surface area contributed by atoms with Crippen LogP contribution in [0.2, 0.25) is 0 Å². The number of ether oxygens (including phenoxy) is 2. The molecule has 9 heteroatoms. The van der Waals surface area contributed by atoms with E-state index in [9.17, 15) is 23.2 Å². The van der Waals surface area contributed by atoms with Crippen LogP contribution in [0.15, 0.2) is 42.5 Å². The number of amides is 2. The Morgan fingerprint density at radius 1 is 1.00 bits per heavy atom. The van der Waals surface area contributed by atoms with Gasteiger partial charge in [-0.05, 0) is 44.0 Å². The molecule has 0 bridgehead atoms. The minimum atomic E-state index is -3.10. The lowest BCUT2D eigenvalue weighted by Crippen LogP contribution is -2.36. The SMILES string of the molecule is Cc1cccc(C)c1NC(=O)[C@@H](C)OC(=O)CNC(=O)c1ccccc1OC(F)F. The third kappa shape index (κ3) is 6.26. The van der Waals surface area contributed by atoms with Crippen molar-refractivity contribution in [3.05, 3.63) is 59.2 Å². The fourth-order valence-electron chi connectivity index (χ4n) is 2.63. The third-order valence-corrected chi connectivity index (χ3v) is 4.15. The second kappa shape index (κ2) is 10.3. The van der Waals surface area contributed by atoms with Crippen molar-refractivity contribution in [3.8, 4) is 5.75 Å². The van der Waals surface area contributed by atoms with E-state index in [1.54, 1.807) is 0 Å². The van der Waals surface area contributed by atoms with Gasteiger partial charge < -0.3 is 20.1 Å². The van der Waals surface area contributed by atoms with Crippen LogP contribution in [0.3, 0.4) is 0 Å². The summed E-state index contributed by atoms with van der Waals surface area (Å²) in [6.07, 6.45) is -1.11. The average Bonchev–Trinajstić information content (AvgIpc) is 2.68. The van der Waals surface area contributed by atoms with Gasteiger partial charge in [-0.25, -0.2) is 0 Å². The van der Waals surface area contributed by atoms with Gasteiger partial charge in [0.25, 0.3) is 11.8 Å². The second-order valence-corrected chi connectivity index (χ2v) is 6.45. The van der Waals surface area contributed by atoms with Crippen molar-refractivity contribution in [1.29, 1.82) is 0 Å². The summed E-state index contributed by atoms with van der Waals surface area (Å²) in [6.45, 7) is 1.42. The van der Waals surface area contributed by atoms with Crippen LogP contribution in [0, 0.1) is 13.8 Å². The van der Waals surface area contributed by atoms with Crippen molar-refractivity contribution >= 4 is 23.5 Å². The molecule has 2 aromatic rings. The molecule has 0 aromatic heterocycles. The fraction of sp³-hybridized carbons (Fsp3) is 0.286. The van der Waals surface area contributed by atoms with Gasteiger partial charge in [-0.3, -0.25) is 14.4 Å². The minimum Gasteiger partial charge on any atom is -0.451 e. The minimum absolute atomic E-state index is 0.161. The predicted molar refractivity (Wildman–Crippen MR) is 106 cm³/mol. The number of aryl methyl sites for hydroxylation is 2. The zero-order chi connectivity index (χ0) is 22.3. The molecule has 0 unspecified atom stereocenters. The Kier molecular flexibility index (Phi) is 7.85. The van der Waals surface area contributed by atoms with Crippen molar-refractivity contribution in [2.24, 2.45) is 0 Å². The summed E-state index contributed by atoms with van der Waals surface area (Å²) < 4.78 is 34.2. The Balaban J connectivity index is 1.90. The largest absolute Gasteiger partial charge is 0.451 e. The highest BCUT2D eigenvalue weighted by Crippen LogP contribution is 2.21. The smallest absolute Gasteiger partial charge is 0.387 e. The molecule has 2 amide bonds. The van der Waals surface area contributed by atoms with Crippen LogP contribution in [0.25, 0.3) is 0 Å². The maximum atomic E-state index is 12.4. The Bertz CT molecular complexity index is 913. The predicted octanol–water partition coefficient (Wildman–Crippen LogP) is 3.21. The molecule has 0 aliphatic rings. The van der Waals surface area contributed by atoms with Crippen molar-refractivity contribution in [2.75, 3.05) is 11.9 Å². The number of carbonyl (C=O) groups is 3. The van der Waals surface area contributed by atoms with E-state index in [0.29, 0.717) is 5.69 Å². The second-order valence-electron chi connectivity index (χ2n) is 6.45. The molecule has 2 aromatic carbocycles. The summed E-state index contributed by atoms with van der Waals surface area (Å²) in [5, 5.41) is 4.96. The van der Waals surface area contributed by atoms with Gasteiger partial charge in [0.05, 0.1) is 5.56 Å². The molecule has 160 valence electrons. The first-order chi connectivity index (χ1) is 14.2. The molecule has 0 saturated carbocycles. The number of halogens is 2. The summed E-state index contributed by atoms with van der Waals surface area (Å²) in [7, 11) is 0. The van der Waals surface area contributed by atoms with Crippen molar-refractivity contribution in [2.45, 2.75) is 33.5 Å². The number of carbonyl (C=O) groups excluding carboxylic acids is 3. The highest BCUT2D eigenvalue weighted by molar-refractivity contribution is 5.99. The van der Waals surface area contributed by atoms with Gasteiger partial charge in [-0.1, -0.05) is 30.3 Å². The Labute approximate surface area is 172 Å². The monoisotopic (exact) mass is 420 g/mol. The van der Waals surface area contributed by atoms with E-state index in [4.69, 9.17) is 4.74 Å². The van der Waals surface area contributed by atoms with Crippen LogP contribution >= 0.6 is 0 Å². The molecule has 0 aliphatic carbocycles. The number of para-hydroxylation sites is 2. The molecule has 0 spiro atoms. The average molecular weight is 420 g/mol. The zero-order valence-corrected chi connectivity index (χ0v) is 16.7. The molecule has 7 nitrogen and oxygen atoms in total. The Hall–Kier alpha value is -3.49. The molecule has 0 saturated heterocycles. The number of rotatable bonds is 8. The van der Waals surface area contributed by atoms with Crippen molar-refractivity contribution in [1.82, 2.24) is 5.32 Å². The van der Waals surface area contributed by atoms with Crippen molar-refractivity contribution in [3.63, 3.8) is 0 Å². The summed E-state index contributed by atoms with van der Waals surface area (Å²) in [5.74, 6) is -2.50. The van der Waals surface area contributed by atoms with Gasteiger partial charge >= 0.3 is 12.6 Å². The van der Waals surface area contributed by atoms with E-state index in [2.05, 4.69) is 15.4 Å². The summed E-state index contributed by atoms with van der Waals surface area (Å²) in [4.78, 5) is 36.4. The first-order valence-electron chi connectivity index (χ1n) is 9.07. The lowest BCUT2D eigenvalue weighted by molar-refractivity contribution is -0.152. The van der Waals surface area contributed by atoms with Gasteiger partial charge in [0.2, 0.25) is 0 Å². The van der Waals surface area contributed by atoms with Crippen LogP contribution in [-0.2, 0) is 14.3 Å². The molecule has 0 heterocycles. The van der Waals surface area contributed by atoms with Gasteiger partial charge in [0.15, 0.2) is 6.10 Å². The first-order valence-corrected chi connectivity index (χ1v) is 9.07. The molecular formula is C21H22F2N2O5. The van der Waals surface area contributed by atoms with Crippen LogP contribution in [0.1, 0.15) is 28.4 Å². The summed E-state index contributed by atoms with van der Waals surface area (Å²) in [6, 6.07) is 10.9. The van der Waals surface area contributed by atoms with E-state index in [1.807, 2.05) is 32.0 Å². The van der Waals surface area contributed by atoms with E-state index >= 15 is 0 Å². The van der Waals surface area contributed by atoms with Crippen molar-refractivity contribution < 1.29 is 32.6 Å². The number of alkyl halides is 2. The normalized spacial score (nSPS) is 11.5. The Morgan fingerprint density at radius 2 is 1.63 bits per heavy atom. The zero-order valence-electron chi connectivity index (χ0n) is 16.7. The number of benzene rings is 2. The summed E-state index contributed by atoms with van der Waals surface area (Å²) in [5.41, 5.74) is 2.19. The molecule has 0 aliphatic heterocycles. The number of hydrogen-bond acceptors (Lipinski definition) is 5. The Morgan fingerprint density at radius 3 is 2.27 bits per heavy atom. The molecule has 0 fully saturated rings. The maximum absolute atomic E-state index is 12.4. The van der Waals surface area contributed by atoms with E-state index in [-0.39, 0.29) is 11.3 Å². The number of esters is 1. The number of hydrogen-bond donors (Lipinski definition) is 2. The van der Waals surface area contributed by atoms with E-state index in [1.165, 1.54) is 31.2 Å². The highest BCUT2D eigenvalue weighted by Gasteiger charge is 2.21. The standard InChI is InChI=1S/C21H22F2N2O5/c1-12-7-6-8-13(2)18(12)25-19(27)14(3)29-17(26)11-24-20(28)15-9-4-5-10-16(15)30-21(22)23/h4-10,14,21H,11H2,1-3H3,(H,24,28)(H,25,27)/t14-/m1/s1. The van der Waals surface area contributed by atoms with E-state index in [0.717, 1.165) is 11.1 Å². The lowest BCUT2D eigenvalue weighted by atomic mass is 10.1. The van der Waals surface area contributed by atoms with Crippen LogP contribution in [-0.4, -0.2) is 37.0 Å². The van der Waals surface area contributed by atoms with Gasteiger partial charge in [-0.2, -0.15) is 8.78 Å². The first kappa shape index (κ1) is 22.8. The third-order valence-electron chi connectivity index (χ3n) is 4.15. The molecule has 2 N–H and O–H groups in total. The van der Waals surface area contributed by atoms with Crippen LogP contribution in [0.5, 0.6) is 5.75 Å². The number of anilines is 1. The van der Waals surface area contributed by atoms with Gasteiger partial charge in [0.1, 0.15) is 12.3 Å². The molecule has 0 radical (unpaired) electrons. The molecule has 30 heavy (non-hydrogen) atoms. The topological polar surface area (TPSA) is 93.7 Å². The van der Waals surface area contributed by atoms with E-state index < -0.39 is 37.0 Å². The lowest BCUT2D eigenvalue weighted by Gasteiger charge is -2.16. The molecular weight excluding hydrogens is 398 g/mol. The number of nitrogens with one attached hydrogen (secondary N) is 2. The molecule has 2 rings (SSSR count). The highest BCUT2D eigenvalue weighted by atomic mass is 19.3. The molecule has 1 atom stereocenters. The quantitative estimate of drug-likeness (QED) is 0.640. The van der Waals surface area contributed by atoms with Gasteiger partial charge in [-0.15, -0.1) is 0 Å². The van der Waals surface area contributed by atoms with Gasteiger partial charge in [0, 0.05) is 5.69 Å².